The van der Waals surface area contributed by atoms with Crippen molar-refractivity contribution in [2.75, 3.05) is 30.9 Å². The van der Waals surface area contributed by atoms with E-state index in [4.69, 9.17) is 14.2 Å². The molecule has 2 N–H and O–H groups in total. The first kappa shape index (κ1) is 25.7. The van der Waals surface area contributed by atoms with Crippen LogP contribution < -0.4 is 24.2 Å². The van der Waals surface area contributed by atoms with E-state index in [9.17, 15) is 26.4 Å². The van der Waals surface area contributed by atoms with Gasteiger partial charge in [0.1, 0.15) is 17.2 Å². The van der Waals surface area contributed by atoms with Gasteiger partial charge in [-0.2, -0.15) is 13.2 Å². The number of halogens is 3. The highest BCUT2D eigenvalue weighted by Gasteiger charge is 2.30. The third-order valence-corrected chi connectivity index (χ3v) is 6.03. The Kier molecular flexibility index (Phi) is 7.75. The first-order valence-corrected chi connectivity index (χ1v) is 11.4. The van der Waals surface area contributed by atoms with Crippen LogP contribution in [0.5, 0.6) is 17.2 Å². The fourth-order valence-electron chi connectivity index (χ4n) is 2.93. The molecule has 0 atom stereocenters. The molecule has 1 amide bonds. The van der Waals surface area contributed by atoms with Gasteiger partial charge in [-0.25, -0.2) is 8.42 Å². The molecule has 0 saturated heterocycles. The van der Waals surface area contributed by atoms with Crippen molar-refractivity contribution in [3.63, 3.8) is 0 Å². The van der Waals surface area contributed by atoms with Crippen molar-refractivity contribution in [2.24, 2.45) is 0 Å². The molecule has 0 bridgehead atoms. The lowest BCUT2D eigenvalue weighted by Crippen LogP contribution is -2.20. The van der Waals surface area contributed by atoms with Crippen LogP contribution in [0.25, 0.3) is 0 Å². The molecular formula is C23H21F3N2O6S. The molecule has 0 saturated carbocycles. The lowest BCUT2D eigenvalue weighted by molar-refractivity contribution is -0.137. The van der Waals surface area contributed by atoms with Gasteiger partial charge in [-0.05, 0) is 54.6 Å². The first-order chi connectivity index (χ1) is 16.5. The second-order valence-electron chi connectivity index (χ2n) is 7.06. The number of hydrogen-bond donors (Lipinski definition) is 2. The van der Waals surface area contributed by atoms with E-state index >= 15 is 0 Å². The predicted molar refractivity (Wildman–Crippen MR) is 122 cm³/mol. The van der Waals surface area contributed by atoms with Gasteiger partial charge in [0.05, 0.1) is 30.4 Å². The molecule has 12 heteroatoms. The van der Waals surface area contributed by atoms with Crippen LogP contribution in [0.3, 0.4) is 0 Å². The molecule has 35 heavy (non-hydrogen) atoms. The molecule has 3 rings (SSSR count). The average Bonchev–Trinajstić information content (AvgIpc) is 2.82. The highest BCUT2D eigenvalue weighted by atomic mass is 32.2. The van der Waals surface area contributed by atoms with Gasteiger partial charge in [-0.15, -0.1) is 0 Å². The minimum Gasteiger partial charge on any atom is -0.497 e. The Labute approximate surface area is 199 Å². The molecule has 0 aromatic heterocycles. The summed E-state index contributed by atoms with van der Waals surface area (Å²) in [5.41, 5.74) is -0.804. The van der Waals surface area contributed by atoms with Crippen molar-refractivity contribution in [1.82, 2.24) is 0 Å². The summed E-state index contributed by atoms with van der Waals surface area (Å²) >= 11 is 0. The summed E-state index contributed by atoms with van der Waals surface area (Å²) in [6.45, 7) is -0.371. The second kappa shape index (κ2) is 10.6. The largest absolute Gasteiger partial charge is 0.497 e. The van der Waals surface area contributed by atoms with Crippen molar-refractivity contribution in [3.8, 4) is 17.2 Å². The number of carbonyl (C=O) groups is 1. The molecule has 0 aliphatic rings. The zero-order valence-corrected chi connectivity index (χ0v) is 19.4. The molecule has 0 aliphatic heterocycles. The van der Waals surface area contributed by atoms with E-state index in [-0.39, 0.29) is 22.9 Å². The van der Waals surface area contributed by atoms with Gasteiger partial charge < -0.3 is 19.5 Å². The number of hydrogen-bond acceptors (Lipinski definition) is 6. The Morgan fingerprint density at radius 2 is 1.60 bits per heavy atom. The summed E-state index contributed by atoms with van der Waals surface area (Å²) in [7, 11) is -1.21. The van der Waals surface area contributed by atoms with E-state index in [0.29, 0.717) is 23.3 Å². The fourth-order valence-corrected chi connectivity index (χ4v) is 3.97. The second-order valence-corrected chi connectivity index (χ2v) is 8.74. The number of nitrogens with one attached hydrogen (secondary N) is 2. The zero-order chi connectivity index (χ0) is 25.6. The van der Waals surface area contributed by atoms with Crippen molar-refractivity contribution < 1.29 is 40.6 Å². The summed E-state index contributed by atoms with van der Waals surface area (Å²) in [6.07, 6.45) is -4.61. The van der Waals surface area contributed by atoms with Crippen LogP contribution in [0.15, 0.2) is 71.6 Å². The summed E-state index contributed by atoms with van der Waals surface area (Å²) in [6, 6.07) is 13.7. The zero-order valence-electron chi connectivity index (χ0n) is 18.5. The van der Waals surface area contributed by atoms with Crippen LogP contribution in [-0.4, -0.2) is 35.2 Å². The Balaban J connectivity index is 1.61. The molecule has 0 fully saturated rings. The maximum absolute atomic E-state index is 12.9. The first-order valence-electron chi connectivity index (χ1n) is 9.96. The summed E-state index contributed by atoms with van der Waals surface area (Å²) in [5, 5.41) is 2.63. The van der Waals surface area contributed by atoms with Crippen LogP contribution >= 0.6 is 0 Å². The highest BCUT2D eigenvalue weighted by Crippen LogP contribution is 2.31. The summed E-state index contributed by atoms with van der Waals surface area (Å²) in [5.74, 6) is 0.658. The maximum atomic E-state index is 12.9. The van der Waals surface area contributed by atoms with E-state index in [0.717, 1.165) is 12.1 Å². The van der Waals surface area contributed by atoms with Gasteiger partial charge >= 0.3 is 6.18 Å². The number of rotatable bonds is 9. The molecule has 0 aliphatic carbocycles. The number of carbonyl (C=O) groups excluding carboxylic acids is 1. The van der Waals surface area contributed by atoms with Gasteiger partial charge in [0, 0.05) is 11.8 Å². The summed E-state index contributed by atoms with van der Waals surface area (Å²) in [4.78, 5) is 12.0. The molecule has 8 nitrogen and oxygen atoms in total. The number of ether oxygens (including phenoxy) is 3. The van der Waals surface area contributed by atoms with Crippen molar-refractivity contribution in [3.05, 3.63) is 72.3 Å². The molecule has 0 radical (unpaired) electrons. The van der Waals surface area contributed by atoms with E-state index in [2.05, 4.69) is 10.0 Å². The number of anilines is 2. The lowest BCUT2D eigenvalue weighted by atomic mass is 10.2. The third kappa shape index (κ3) is 6.79. The molecule has 186 valence electrons. The van der Waals surface area contributed by atoms with E-state index < -0.39 is 27.7 Å². The Morgan fingerprint density at radius 3 is 2.23 bits per heavy atom. The smallest absolute Gasteiger partial charge is 0.416 e. The minimum atomic E-state index is -4.61. The molecule has 3 aromatic carbocycles. The average molecular weight is 510 g/mol. The van der Waals surface area contributed by atoms with E-state index in [1.165, 1.54) is 44.6 Å². The lowest BCUT2D eigenvalue weighted by Gasteiger charge is -2.13. The van der Waals surface area contributed by atoms with Gasteiger partial charge in [0.15, 0.2) is 6.61 Å². The van der Waals surface area contributed by atoms with Crippen molar-refractivity contribution >= 4 is 27.3 Å². The third-order valence-electron chi connectivity index (χ3n) is 4.63. The van der Waals surface area contributed by atoms with Crippen molar-refractivity contribution in [2.45, 2.75) is 11.1 Å². The molecule has 0 heterocycles. The van der Waals surface area contributed by atoms with Crippen molar-refractivity contribution in [1.29, 1.82) is 0 Å². The van der Waals surface area contributed by atoms with Crippen LogP contribution in [-0.2, 0) is 21.0 Å². The summed E-state index contributed by atoms with van der Waals surface area (Å²) < 4.78 is 81.4. The number of methoxy groups -OCH3 is 2. The molecular weight excluding hydrogens is 489 g/mol. The Bertz CT molecular complexity index is 1300. The number of sulfonamides is 1. The SMILES string of the molecule is COc1ccc(NC(=O)COc2ccc(S(=O)(=O)Nc3cccc(C(F)(F)F)c3)cc2)c(OC)c1. The molecule has 3 aromatic rings. The predicted octanol–water partition coefficient (Wildman–Crippen LogP) is 4.54. The van der Waals surface area contributed by atoms with E-state index in [1.807, 2.05) is 0 Å². The van der Waals surface area contributed by atoms with Gasteiger partial charge in [0.25, 0.3) is 15.9 Å². The topological polar surface area (TPSA) is 103 Å². The monoisotopic (exact) mass is 510 g/mol. The van der Waals surface area contributed by atoms with E-state index in [1.54, 1.807) is 18.2 Å². The number of amides is 1. The maximum Gasteiger partial charge on any atom is 0.416 e. The van der Waals surface area contributed by atoms with Gasteiger partial charge in [0.2, 0.25) is 0 Å². The van der Waals surface area contributed by atoms with Crippen LogP contribution in [0.1, 0.15) is 5.56 Å². The molecule has 0 unspecified atom stereocenters. The Morgan fingerprint density at radius 1 is 0.914 bits per heavy atom. The van der Waals surface area contributed by atoms with Crippen LogP contribution in [0.2, 0.25) is 0 Å². The highest BCUT2D eigenvalue weighted by molar-refractivity contribution is 7.92. The molecule has 0 spiro atoms. The van der Waals surface area contributed by atoms with Gasteiger partial charge in [-0.1, -0.05) is 6.07 Å². The van der Waals surface area contributed by atoms with Crippen LogP contribution in [0, 0.1) is 0 Å². The van der Waals surface area contributed by atoms with Gasteiger partial charge in [-0.3, -0.25) is 9.52 Å². The minimum absolute atomic E-state index is 0.199. The standard InChI is InChI=1S/C23H21F3N2O6S/c1-32-18-8-11-20(21(13-18)33-2)27-22(29)14-34-17-6-9-19(10-7-17)35(30,31)28-16-5-3-4-15(12-16)23(24,25)26/h3-13,28H,14H2,1-2H3,(H,27,29). The number of alkyl halides is 3. The quantitative estimate of drug-likeness (QED) is 0.438. The number of benzene rings is 3. The Hall–Kier alpha value is -3.93. The normalized spacial score (nSPS) is 11.5. The fraction of sp³-hybridized carbons (Fsp3) is 0.174. The van der Waals surface area contributed by atoms with Crippen LogP contribution in [0.4, 0.5) is 24.5 Å².